The Hall–Kier alpha value is -0.570. The van der Waals surface area contributed by atoms with Crippen LogP contribution in [-0.4, -0.2) is 23.3 Å². The first-order valence-corrected chi connectivity index (χ1v) is 12.1. The van der Waals surface area contributed by atoms with Crippen LogP contribution in [0.2, 0.25) is 0 Å². The van der Waals surface area contributed by atoms with E-state index in [2.05, 4.69) is 6.92 Å². The van der Waals surface area contributed by atoms with E-state index >= 15 is 0 Å². The van der Waals surface area contributed by atoms with Gasteiger partial charge < -0.3 is 9.84 Å². The zero-order chi connectivity index (χ0) is 19.6. The molecule has 1 rings (SSSR count). The molecule has 0 aromatic carbocycles. The largest absolute Gasteiger partial charge is 0.462 e. The van der Waals surface area contributed by atoms with Crippen molar-refractivity contribution in [2.75, 3.05) is 0 Å². The normalized spacial score (nSPS) is 20.0. The van der Waals surface area contributed by atoms with Gasteiger partial charge in [-0.3, -0.25) is 4.79 Å². The van der Waals surface area contributed by atoms with E-state index in [1.54, 1.807) is 0 Å². The fourth-order valence-corrected chi connectivity index (χ4v) is 4.13. The molecule has 2 atom stereocenters. The van der Waals surface area contributed by atoms with Crippen molar-refractivity contribution in [2.24, 2.45) is 0 Å². The maximum absolute atomic E-state index is 11.3. The molecule has 160 valence electrons. The van der Waals surface area contributed by atoms with Gasteiger partial charge in [-0.1, -0.05) is 110 Å². The van der Waals surface area contributed by atoms with Crippen molar-refractivity contribution in [2.45, 2.75) is 148 Å². The number of aliphatic hydroxyl groups excluding tert-OH is 1. The number of cyclic esters (lactones) is 1. The van der Waals surface area contributed by atoms with E-state index in [4.69, 9.17) is 4.74 Å². The molecule has 27 heavy (non-hydrogen) atoms. The SMILES string of the molecule is CCCCCCCCCCCCCCCCCCC[C@H]1C[C@@H](O)CC(=O)O1. The Labute approximate surface area is 168 Å². The molecule has 0 bridgehead atoms. The van der Waals surface area contributed by atoms with Gasteiger partial charge in [0.15, 0.2) is 0 Å². The lowest BCUT2D eigenvalue weighted by Gasteiger charge is -2.25. The Bertz CT molecular complexity index is 343. The second kappa shape index (κ2) is 17.5. The van der Waals surface area contributed by atoms with Crippen LogP contribution in [0.5, 0.6) is 0 Å². The maximum atomic E-state index is 11.3. The van der Waals surface area contributed by atoms with Crippen LogP contribution in [0.3, 0.4) is 0 Å². The summed E-state index contributed by atoms with van der Waals surface area (Å²) in [7, 11) is 0. The number of aliphatic hydroxyl groups is 1. The van der Waals surface area contributed by atoms with E-state index in [0.29, 0.717) is 6.42 Å². The number of esters is 1. The molecule has 0 amide bonds. The van der Waals surface area contributed by atoms with Crippen LogP contribution < -0.4 is 0 Å². The molecule has 0 unspecified atom stereocenters. The molecule has 1 heterocycles. The summed E-state index contributed by atoms with van der Waals surface area (Å²) in [6.45, 7) is 2.28. The van der Waals surface area contributed by atoms with Crippen molar-refractivity contribution in [3.63, 3.8) is 0 Å². The fourth-order valence-electron chi connectivity index (χ4n) is 4.13. The van der Waals surface area contributed by atoms with Crippen molar-refractivity contribution >= 4 is 5.97 Å². The van der Waals surface area contributed by atoms with Crippen LogP contribution in [0.25, 0.3) is 0 Å². The summed E-state index contributed by atoms with van der Waals surface area (Å²) in [6, 6.07) is 0. The van der Waals surface area contributed by atoms with Crippen molar-refractivity contribution in [3.05, 3.63) is 0 Å². The lowest BCUT2D eigenvalue weighted by Crippen LogP contribution is -2.32. The van der Waals surface area contributed by atoms with Crippen molar-refractivity contribution in [3.8, 4) is 0 Å². The van der Waals surface area contributed by atoms with Gasteiger partial charge in [-0.25, -0.2) is 0 Å². The first kappa shape index (κ1) is 24.5. The topological polar surface area (TPSA) is 46.5 Å². The second-order valence-electron chi connectivity index (χ2n) is 8.65. The molecule has 0 radical (unpaired) electrons. The average Bonchev–Trinajstić information content (AvgIpc) is 2.63. The Kier molecular flexibility index (Phi) is 15.9. The zero-order valence-electron chi connectivity index (χ0n) is 18.1. The Morgan fingerprint density at radius 3 is 1.56 bits per heavy atom. The summed E-state index contributed by atoms with van der Waals surface area (Å²) in [6.07, 6.45) is 24.6. The lowest BCUT2D eigenvalue weighted by atomic mass is 9.99. The molecule has 1 fully saturated rings. The summed E-state index contributed by atoms with van der Waals surface area (Å²) < 4.78 is 5.29. The van der Waals surface area contributed by atoms with Crippen LogP contribution in [0.1, 0.15) is 135 Å². The average molecular weight is 383 g/mol. The van der Waals surface area contributed by atoms with Crippen molar-refractivity contribution in [1.82, 2.24) is 0 Å². The van der Waals surface area contributed by atoms with Gasteiger partial charge in [0.1, 0.15) is 6.10 Å². The van der Waals surface area contributed by atoms with Gasteiger partial charge in [-0.15, -0.1) is 0 Å². The standard InChI is InChI=1S/C24H46O3/c1-2-3-4-5-6-7-8-9-10-11-12-13-14-15-16-17-18-19-23-20-22(25)21-24(26)27-23/h22-23,25H,2-21H2,1H3/t22-,23+/m1/s1. The van der Waals surface area contributed by atoms with E-state index in [-0.39, 0.29) is 18.5 Å². The highest BCUT2D eigenvalue weighted by atomic mass is 16.5. The zero-order valence-corrected chi connectivity index (χ0v) is 18.1. The van der Waals surface area contributed by atoms with Gasteiger partial charge in [0.25, 0.3) is 0 Å². The first-order chi connectivity index (χ1) is 13.2. The number of hydrogen-bond donors (Lipinski definition) is 1. The summed E-state index contributed by atoms with van der Waals surface area (Å²) >= 11 is 0. The summed E-state index contributed by atoms with van der Waals surface area (Å²) in [4.78, 5) is 11.3. The third-order valence-corrected chi connectivity index (χ3v) is 5.87. The van der Waals surface area contributed by atoms with Crippen LogP contribution >= 0.6 is 0 Å². The highest BCUT2D eigenvalue weighted by molar-refractivity contribution is 5.70. The quantitative estimate of drug-likeness (QED) is 0.203. The van der Waals surface area contributed by atoms with Crippen molar-refractivity contribution in [1.29, 1.82) is 0 Å². The van der Waals surface area contributed by atoms with Crippen LogP contribution in [0.4, 0.5) is 0 Å². The molecular weight excluding hydrogens is 336 g/mol. The fraction of sp³-hybridized carbons (Fsp3) is 0.958. The van der Waals surface area contributed by atoms with Crippen molar-refractivity contribution < 1.29 is 14.6 Å². The Morgan fingerprint density at radius 1 is 0.741 bits per heavy atom. The van der Waals surface area contributed by atoms with Gasteiger partial charge in [0.05, 0.1) is 12.5 Å². The van der Waals surface area contributed by atoms with Gasteiger partial charge in [-0.2, -0.15) is 0 Å². The lowest BCUT2D eigenvalue weighted by molar-refractivity contribution is -0.160. The minimum atomic E-state index is -0.484. The molecule has 0 spiro atoms. The van der Waals surface area contributed by atoms with Crippen LogP contribution in [0, 0.1) is 0 Å². The third-order valence-electron chi connectivity index (χ3n) is 5.87. The molecule has 0 aromatic rings. The van der Waals surface area contributed by atoms with Crippen LogP contribution in [0.15, 0.2) is 0 Å². The third kappa shape index (κ3) is 15.1. The highest BCUT2D eigenvalue weighted by Gasteiger charge is 2.26. The monoisotopic (exact) mass is 382 g/mol. The molecule has 0 aromatic heterocycles. The molecule has 0 aliphatic carbocycles. The van der Waals surface area contributed by atoms with E-state index in [0.717, 1.165) is 12.8 Å². The molecule has 1 aliphatic heterocycles. The molecular formula is C24H46O3. The summed E-state index contributed by atoms with van der Waals surface area (Å²) in [5.41, 5.74) is 0. The molecule has 1 aliphatic rings. The van der Waals surface area contributed by atoms with Gasteiger partial charge >= 0.3 is 5.97 Å². The predicted octanol–water partition coefficient (Wildman–Crippen LogP) is 7.09. The molecule has 3 nitrogen and oxygen atoms in total. The van der Waals surface area contributed by atoms with Crippen LogP contribution in [-0.2, 0) is 9.53 Å². The molecule has 1 saturated heterocycles. The number of rotatable bonds is 18. The highest BCUT2D eigenvalue weighted by Crippen LogP contribution is 2.20. The first-order valence-electron chi connectivity index (χ1n) is 12.1. The number of hydrogen-bond acceptors (Lipinski definition) is 3. The molecule has 1 N–H and O–H groups in total. The molecule has 3 heteroatoms. The Morgan fingerprint density at radius 2 is 1.15 bits per heavy atom. The van der Waals surface area contributed by atoms with E-state index < -0.39 is 6.10 Å². The minimum Gasteiger partial charge on any atom is -0.462 e. The van der Waals surface area contributed by atoms with E-state index in [9.17, 15) is 9.90 Å². The van der Waals surface area contributed by atoms with E-state index in [1.807, 2.05) is 0 Å². The van der Waals surface area contributed by atoms with Gasteiger partial charge in [-0.05, 0) is 12.8 Å². The number of carbonyl (C=O) groups excluding carboxylic acids is 1. The summed E-state index contributed by atoms with van der Waals surface area (Å²) in [5, 5.41) is 9.59. The second-order valence-corrected chi connectivity index (χ2v) is 8.65. The number of carbonyl (C=O) groups is 1. The molecule has 0 saturated carbocycles. The maximum Gasteiger partial charge on any atom is 0.308 e. The predicted molar refractivity (Wildman–Crippen MR) is 114 cm³/mol. The van der Waals surface area contributed by atoms with Gasteiger partial charge in [0.2, 0.25) is 0 Å². The minimum absolute atomic E-state index is 0.0439. The van der Waals surface area contributed by atoms with Gasteiger partial charge in [0, 0.05) is 6.42 Å². The van der Waals surface area contributed by atoms with E-state index in [1.165, 1.54) is 103 Å². The summed E-state index contributed by atoms with van der Waals surface area (Å²) in [5.74, 6) is -0.231. The smallest absolute Gasteiger partial charge is 0.308 e. The Balaban J connectivity index is 1.73. The number of unbranched alkanes of at least 4 members (excludes halogenated alkanes) is 16. The number of ether oxygens (including phenoxy) is 1.